The first kappa shape index (κ1) is 9.55. The zero-order valence-electron chi connectivity index (χ0n) is 6.92. The van der Waals surface area contributed by atoms with Gasteiger partial charge < -0.3 is 10.8 Å². The van der Waals surface area contributed by atoms with Gasteiger partial charge in [0.05, 0.1) is 0 Å². The summed E-state index contributed by atoms with van der Waals surface area (Å²) in [6.07, 6.45) is 0.823. The molecule has 0 amide bonds. The van der Waals surface area contributed by atoms with E-state index in [2.05, 4.69) is 15.9 Å². The third kappa shape index (κ3) is 1.99. The lowest BCUT2D eigenvalue weighted by Crippen LogP contribution is -2.08. The second-order valence-corrected chi connectivity index (χ2v) is 3.63. The molecule has 0 heterocycles. The van der Waals surface area contributed by atoms with Gasteiger partial charge in [0.25, 0.3) is 0 Å². The molecule has 1 aromatic rings. The van der Waals surface area contributed by atoms with E-state index in [1.165, 1.54) is 0 Å². The summed E-state index contributed by atoms with van der Waals surface area (Å²) in [5.74, 6) is 0.271. The summed E-state index contributed by atoms with van der Waals surface area (Å²) in [5, 5.41) is 9.44. The van der Waals surface area contributed by atoms with Crippen LogP contribution in [0.1, 0.15) is 24.9 Å². The van der Waals surface area contributed by atoms with Crippen molar-refractivity contribution in [1.29, 1.82) is 0 Å². The van der Waals surface area contributed by atoms with Crippen molar-refractivity contribution in [3.05, 3.63) is 28.2 Å². The molecule has 0 aromatic heterocycles. The average Bonchev–Trinajstić information content (AvgIpc) is 2.08. The summed E-state index contributed by atoms with van der Waals surface area (Å²) in [6, 6.07) is 5.21. The van der Waals surface area contributed by atoms with Crippen LogP contribution < -0.4 is 5.73 Å². The highest BCUT2D eigenvalue weighted by molar-refractivity contribution is 9.10. The molecule has 1 aromatic carbocycles. The molecule has 3 heteroatoms. The molecule has 0 saturated carbocycles. The Morgan fingerprint density at radius 2 is 2.25 bits per heavy atom. The van der Waals surface area contributed by atoms with Crippen molar-refractivity contribution in [2.24, 2.45) is 5.73 Å². The van der Waals surface area contributed by atoms with Crippen LogP contribution in [-0.2, 0) is 0 Å². The van der Waals surface area contributed by atoms with Crippen molar-refractivity contribution < 1.29 is 5.11 Å². The topological polar surface area (TPSA) is 46.2 Å². The maximum atomic E-state index is 9.44. The van der Waals surface area contributed by atoms with Crippen molar-refractivity contribution in [1.82, 2.24) is 0 Å². The quantitative estimate of drug-likeness (QED) is 0.820. The molecule has 12 heavy (non-hydrogen) atoms. The highest BCUT2D eigenvalue weighted by Crippen LogP contribution is 2.27. The van der Waals surface area contributed by atoms with E-state index in [1.54, 1.807) is 12.1 Å². The Kier molecular flexibility index (Phi) is 3.12. The van der Waals surface area contributed by atoms with E-state index < -0.39 is 0 Å². The molecule has 1 atom stereocenters. The van der Waals surface area contributed by atoms with Crippen LogP contribution in [0.3, 0.4) is 0 Å². The van der Waals surface area contributed by atoms with Gasteiger partial charge in [0.15, 0.2) is 0 Å². The van der Waals surface area contributed by atoms with Crippen LogP contribution in [0.4, 0.5) is 0 Å². The Morgan fingerprint density at radius 3 is 2.83 bits per heavy atom. The van der Waals surface area contributed by atoms with Gasteiger partial charge in [-0.25, -0.2) is 0 Å². The van der Waals surface area contributed by atoms with Crippen molar-refractivity contribution >= 4 is 15.9 Å². The third-order valence-corrected chi connectivity index (χ3v) is 2.32. The lowest BCUT2D eigenvalue weighted by molar-refractivity contribution is 0.460. The van der Waals surface area contributed by atoms with Crippen molar-refractivity contribution in [3.63, 3.8) is 0 Å². The molecule has 0 unspecified atom stereocenters. The predicted molar refractivity (Wildman–Crippen MR) is 53.0 cm³/mol. The number of hydrogen-bond acceptors (Lipinski definition) is 2. The molecule has 1 rings (SSSR count). The second-order valence-electron chi connectivity index (χ2n) is 2.72. The molecule has 0 aliphatic carbocycles. The summed E-state index contributed by atoms with van der Waals surface area (Å²) < 4.78 is 0.944. The van der Waals surface area contributed by atoms with Gasteiger partial charge in [-0.1, -0.05) is 22.9 Å². The fraction of sp³-hybridized carbons (Fsp3) is 0.333. The summed E-state index contributed by atoms with van der Waals surface area (Å²) in [4.78, 5) is 0. The minimum atomic E-state index is -0.0810. The van der Waals surface area contributed by atoms with Gasteiger partial charge in [-0.2, -0.15) is 0 Å². The number of phenolic OH excluding ortho intramolecular Hbond substituents is 1. The van der Waals surface area contributed by atoms with Gasteiger partial charge in [0, 0.05) is 16.1 Å². The van der Waals surface area contributed by atoms with E-state index in [4.69, 9.17) is 5.73 Å². The number of halogens is 1. The second kappa shape index (κ2) is 3.92. The Balaban J connectivity index is 3.04. The standard InChI is InChI=1S/C9H12BrNO/c1-2-8(11)7-5-6(10)3-4-9(7)12/h3-5,8,12H,2,11H2,1H3/t8-/m1/s1. The molecule has 0 aliphatic heterocycles. The predicted octanol–water partition coefficient (Wildman–Crippen LogP) is 2.56. The minimum absolute atomic E-state index is 0.0810. The number of nitrogens with two attached hydrogens (primary N) is 1. The van der Waals surface area contributed by atoms with E-state index in [0.717, 1.165) is 16.5 Å². The first-order valence-corrected chi connectivity index (χ1v) is 4.68. The normalized spacial score (nSPS) is 12.9. The van der Waals surface area contributed by atoms with E-state index >= 15 is 0 Å². The van der Waals surface area contributed by atoms with Crippen molar-refractivity contribution in [2.45, 2.75) is 19.4 Å². The number of benzene rings is 1. The Hall–Kier alpha value is -0.540. The number of aromatic hydroxyl groups is 1. The minimum Gasteiger partial charge on any atom is -0.508 e. The fourth-order valence-electron chi connectivity index (χ4n) is 1.04. The molecule has 0 spiro atoms. The molecular weight excluding hydrogens is 218 g/mol. The largest absolute Gasteiger partial charge is 0.508 e. The lowest BCUT2D eigenvalue weighted by atomic mass is 10.0. The smallest absolute Gasteiger partial charge is 0.120 e. The van der Waals surface area contributed by atoms with Gasteiger partial charge in [-0.3, -0.25) is 0 Å². The van der Waals surface area contributed by atoms with Gasteiger partial charge in [0.1, 0.15) is 5.75 Å². The molecule has 66 valence electrons. The molecule has 0 bridgehead atoms. The van der Waals surface area contributed by atoms with Gasteiger partial charge >= 0.3 is 0 Å². The van der Waals surface area contributed by atoms with Crippen LogP contribution in [-0.4, -0.2) is 5.11 Å². The number of hydrogen-bond donors (Lipinski definition) is 2. The molecule has 0 aliphatic rings. The number of rotatable bonds is 2. The SMILES string of the molecule is CC[C@@H](N)c1cc(Br)ccc1O. The summed E-state index contributed by atoms with van der Waals surface area (Å²) >= 11 is 3.33. The molecule has 0 fully saturated rings. The maximum absolute atomic E-state index is 9.44. The first-order chi connectivity index (χ1) is 5.65. The van der Waals surface area contributed by atoms with Gasteiger partial charge in [0.2, 0.25) is 0 Å². The lowest BCUT2D eigenvalue weighted by Gasteiger charge is -2.11. The summed E-state index contributed by atoms with van der Waals surface area (Å²) in [6.45, 7) is 1.99. The average molecular weight is 230 g/mol. The van der Waals surface area contributed by atoms with Crippen LogP contribution in [0.25, 0.3) is 0 Å². The van der Waals surface area contributed by atoms with Crippen molar-refractivity contribution in [2.75, 3.05) is 0 Å². The van der Waals surface area contributed by atoms with E-state index in [1.807, 2.05) is 13.0 Å². The monoisotopic (exact) mass is 229 g/mol. The van der Waals surface area contributed by atoms with Crippen LogP contribution >= 0.6 is 15.9 Å². The fourth-order valence-corrected chi connectivity index (χ4v) is 1.42. The Bertz CT molecular complexity index is 275. The van der Waals surface area contributed by atoms with E-state index in [9.17, 15) is 5.11 Å². The summed E-state index contributed by atoms with van der Waals surface area (Å²) in [5.41, 5.74) is 6.58. The van der Waals surface area contributed by atoms with E-state index in [-0.39, 0.29) is 11.8 Å². The third-order valence-electron chi connectivity index (χ3n) is 1.83. The van der Waals surface area contributed by atoms with Crippen LogP contribution in [0.15, 0.2) is 22.7 Å². The maximum Gasteiger partial charge on any atom is 0.120 e. The molecule has 2 nitrogen and oxygen atoms in total. The Morgan fingerprint density at radius 1 is 1.58 bits per heavy atom. The van der Waals surface area contributed by atoms with Gasteiger partial charge in [-0.05, 0) is 24.6 Å². The highest BCUT2D eigenvalue weighted by atomic mass is 79.9. The first-order valence-electron chi connectivity index (χ1n) is 3.89. The number of phenols is 1. The Labute approximate surface area is 80.5 Å². The summed E-state index contributed by atoms with van der Waals surface area (Å²) in [7, 11) is 0. The molecule has 3 N–H and O–H groups in total. The zero-order valence-corrected chi connectivity index (χ0v) is 8.51. The zero-order chi connectivity index (χ0) is 9.14. The van der Waals surface area contributed by atoms with Crippen LogP contribution in [0.2, 0.25) is 0 Å². The molecular formula is C9H12BrNO. The van der Waals surface area contributed by atoms with Crippen LogP contribution in [0, 0.1) is 0 Å². The van der Waals surface area contributed by atoms with E-state index in [0.29, 0.717) is 0 Å². The van der Waals surface area contributed by atoms with Crippen LogP contribution in [0.5, 0.6) is 5.75 Å². The van der Waals surface area contributed by atoms with Crippen molar-refractivity contribution in [3.8, 4) is 5.75 Å². The van der Waals surface area contributed by atoms with Gasteiger partial charge in [-0.15, -0.1) is 0 Å². The highest BCUT2D eigenvalue weighted by Gasteiger charge is 2.08. The molecule has 0 radical (unpaired) electrons. The molecule has 0 saturated heterocycles.